The summed E-state index contributed by atoms with van der Waals surface area (Å²) in [5, 5.41) is 23.1. The number of benzene rings is 1. The molecule has 0 unspecified atom stereocenters. The lowest BCUT2D eigenvalue weighted by Gasteiger charge is -2.13. The van der Waals surface area contributed by atoms with Crippen LogP contribution in [0.3, 0.4) is 0 Å². The molecule has 142 valence electrons. The smallest absolute Gasteiger partial charge is 0.357 e. The molecule has 1 fully saturated rings. The number of hydrogen-bond donors (Lipinski definition) is 1. The SMILES string of the molecule is FC(F)(F)c1cc(Cl)ccc1-n1nnnc1CSc1nnc(NC2CC2)s1. The largest absolute Gasteiger partial charge is 0.418 e. The fourth-order valence-electron chi connectivity index (χ4n) is 2.26. The van der Waals surface area contributed by atoms with Crippen molar-refractivity contribution in [3.63, 3.8) is 0 Å². The van der Waals surface area contributed by atoms with Crippen molar-refractivity contribution in [3.8, 4) is 5.69 Å². The van der Waals surface area contributed by atoms with E-state index in [0.29, 0.717) is 10.4 Å². The Kier molecular flexibility index (Phi) is 4.95. The quantitative estimate of drug-likeness (QED) is 0.587. The van der Waals surface area contributed by atoms with Crippen LogP contribution in [0.5, 0.6) is 0 Å². The van der Waals surface area contributed by atoms with Gasteiger partial charge in [0.1, 0.15) is 0 Å². The first-order valence-electron chi connectivity index (χ1n) is 7.77. The minimum atomic E-state index is -4.58. The number of nitrogens with one attached hydrogen (secondary N) is 1. The fourth-order valence-corrected chi connectivity index (χ4v) is 4.16. The molecule has 2 aromatic heterocycles. The number of thioether (sulfide) groups is 1. The van der Waals surface area contributed by atoms with E-state index in [2.05, 4.69) is 31.0 Å². The molecule has 2 heterocycles. The zero-order chi connectivity index (χ0) is 19.0. The van der Waals surface area contributed by atoms with Gasteiger partial charge >= 0.3 is 6.18 Å². The molecule has 27 heavy (non-hydrogen) atoms. The van der Waals surface area contributed by atoms with Crippen LogP contribution in [0.4, 0.5) is 18.3 Å². The number of alkyl halides is 3. The van der Waals surface area contributed by atoms with Crippen molar-refractivity contribution in [3.05, 3.63) is 34.6 Å². The summed E-state index contributed by atoms with van der Waals surface area (Å²) in [4.78, 5) is 0. The molecule has 13 heteroatoms. The second-order valence-corrected chi connectivity index (χ2v) is 8.38. The summed E-state index contributed by atoms with van der Waals surface area (Å²) in [6.45, 7) is 0. The Bertz CT molecular complexity index is 954. The van der Waals surface area contributed by atoms with E-state index in [1.165, 1.54) is 35.2 Å². The summed E-state index contributed by atoms with van der Waals surface area (Å²) < 4.78 is 41.8. The molecule has 1 saturated carbocycles. The first-order valence-corrected chi connectivity index (χ1v) is 9.95. The molecule has 0 amide bonds. The van der Waals surface area contributed by atoms with Crippen molar-refractivity contribution in [2.24, 2.45) is 0 Å². The summed E-state index contributed by atoms with van der Waals surface area (Å²) in [5.74, 6) is 0.505. The molecule has 1 aliphatic carbocycles. The zero-order valence-corrected chi connectivity index (χ0v) is 15.8. The Morgan fingerprint density at radius 2 is 2.07 bits per heavy atom. The number of aromatic nitrogens is 6. The molecule has 0 aliphatic heterocycles. The Hall–Kier alpha value is -1.92. The van der Waals surface area contributed by atoms with Gasteiger partial charge in [-0.2, -0.15) is 17.9 Å². The van der Waals surface area contributed by atoms with E-state index in [4.69, 9.17) is 11.6 Å². The summed E-state index contributed by atoms with van der Waals surface area (Å²) >= 11 is 8.42. The summed E-state index contributed by atoms with van der Waals surface area (Å²) in [5.41, 5.74) is -1.08. The lowest BCUT2D eigenvalue weighted by atomic mass is 10.1. The van der Waals surface area contributed by atoms with Gasteiger partial charge in [-0.05, 0) is 41.5 Å². The van der Waals surface area contributed by atoms with E-state index in [-0.39, 0.29) is 22.3 Å². The molecule has 0 bridgehead atoms. The van der Waals surface area contributed by atoms with Crippen LogP contribution in [0.15, 0.2) is 22.5 Å². The van der Waals surface area contributed by atoms with Crippen molar-refractivity contribution >= 4 is 39.8 Å². The van der Waals surface area contributed by atoms with Crippen molar-refractivity contribution in [1.29, 1.82) is 0 Å². The van der Waals surface area contributed by atoms with Crippen LogP contribution in [0.2, 0.25) is 5.02 Å². The van der Waals surface area contributed by atoms with Crippen LogP contribution in [0.25, 0.3) is 5.69 Å². The van der Waals surface area contributed by atoms with Gasteiger partial charge in [-0.1, -0.05) is 34.7 Å². The Labute approximate surface area is 164 Å². The lowest BCUT2D eigenvalue weighted by molar-refractivity contribution is -0.137. The lowest BCUT2D eigenvalue weighted by Crippen LogP contribution is -2.13. The predicted molar refractivity (Wildman–Crippen MR) is 95.3 cm³/mol. The molecule has 0 radical (unpaired) electrons. The average molecular weight is 434 g/mol. The van der Waals surface area contributed by atoms with Gasteiger partial charge in [-0.25, -0.2) is 0 Å². The molecule has 0 atom stereocenters. The third-order valence-electron chi connectivity index (χ3n) is 3.66. The van der Waals surface area contributed by atoms with E-state index in [9.17, 15) is 13.2 Å². The highest BCUT2D eigenvalue weighted by molar-refractivity contribution is 8.00. The second-order valence-electron chi connectivity index (χ2n) is 5.75. The number of hydrogen-bond acceptors (Lipinski definition) is 8. The van der Waals surface area contributed by atoms with Crippen LogP contribution in [0.1, 0.15) is 24.2 Å². The number of halogens is 4. The Morgan fingerprint density at radius 3 is 2.81 bits per heavy atom. The number of rotatable bonds is 6. The summed E-state index contributed by atoms with van der Waals surface area (Å²) in [6.07, 6.45) is -2.34. The molecule has 4 rings (SSSR count). The molecule has 1 N–H and O–H groups in total. The maximum Gasteiger partial charge on any atom is 0.418 e. The van der Waals surface area contributed by atoms with E-state index in [0.717, 1.165) is 28.7 Å². The minimum Gasteiger partial charge on any atom is -0.357 e. The average Bonchev–Trinajstić information content (AvgIpc) is 3.12. The third kappa shape index (κ3) is 4.33. The van der Waals surface area contributed by atoms with Gasteiger partial charge in [0.25, 0.3) is 0 Å². The first kappa shape index (κ1) is 18.4. The normalized spacial score (nSPS) is 14.5. The molecular weight excluding hydrogens is 423 g/mol. The zero-order valence-electron chi connectivity index (χ0n) is 13.4. The topological polar surface area (TPSA) is 81.4 Å². The van der Waals surface area contributed by atoms with Crippen LogP contribution < -0.4 is 5.32 Å². The van der Waals surface area contributed by atoms with Crippen molar-refractivity contribution in [2.75, 3.05) is 5.32 Å². The van der Waals surface area contributed by atoms with Gasteiger partial charge < -0.3 is 5.32 Å². The van der Waals surface area contributed by atoms with Crippen molar-refractivity contribution in [1.82, 2.24) is 30.4 Å². The number of nitrogens with zero attached hydrogens (tertiary/aromatic N) is 6. The van der Waals surface area contributed by atoms with Crippen LogP contribution in [-0.4, -0.2) is 36.4 Å². The molecule has 1 aliphatic rings. The van der Waals surface area contributed by atoms with Gasteiger partial charge in [0, 0.05) is 11.1 Å². The van der Waals surface area contributed by atoms with Crippen LogP contribution in [0, 0.1) is 0 Å². The van der Waals surface area contributed by atoms with Crippen LogP contribution in [-0.2, 0) is 11.9 Å². The van der Waals surface area contributed by atoms with Gasteiger partial charge in [-0.3, -0.25) is 0 Å². The van der Waals surface area contributed by atoms with Gasteiger partial charge in [-0.15, -0.1) is 15.3 Å². The highest BCUT2D eigenvalue weighted by atomic mass is 35.5. The highest BCUT2D eigenvalue weighted by Crippen LogP contribution is 2.36. The Morgan fingerprint density at radius 1 is 1.26 bits per heavy atom. The van der Waals surface area contributed by atoms with Crippen molar-refractivity contribution in [2.45, 2.75) is 35.2 Å². The summed E-state index contributed by atoms with van der Waals surface area (Å²) in [7, 11) is 0. The third-order valence-corrected chi connectivity index (χ3v) is 5.88. The van der Waals surface area contributed by atoms with Gasteiger partial charge in [0.15, 0.2) is 10.2 Å². The second kappa shape index (κ2) is 7.24. The van der Waals surface area contributed by atoms with E-state index in [1.807, 2.05) is 0 Å². The molecule has 1 aromatic carbocycles. The van der Waals surface area contributed by atoms with Gasteiger partial charge in [0.2, 0.25) is 5.13 Å². The van der Waals surface area contributed by atoms with Gasteiger partial charge in [0.05, 0.1) is 17.0 Å². The molecular formula is C14H11ClF3N7S2. The van der Waals surface area contributed by atoms with Crippen molar-refractivity contribution < 1.29 is 13.2 Å². The van der Waals surface area contributed by atoms with E-state index in [1.54, 1.807) is 0 Å². The molecule has 7 nitrogen and oxygen atoms in total. The van der Waals surface area contributed by atoms with E-state index < -0.39 is 11.7 Å². The molecule has 0 spiro atoms. The minimum absolute atomic E-state index is 0.0142. The monoisotopic (exact) mass is 433 g/mol. The molecule has 0 saturated heterocycles. The maximum absolute atomic E-state index is 13.3. The Balaban J connectivity index is 1.54. The predicted octanol–water partition coefficient (Wildman–Crippen LogP) is 4.05. The number of tetrazole rings is 1. The maximum atomic E-state index is 13.3. The first-order chi connectivity index (χ1) is 12.9. The fraction of sp³-hybridized carbons (Fsp3) is 0.357. The number of anilines is 1. The highest BCUT2D eigenvalue weighted by Gasteiger charge is 2.35. The standard InChI is InChI=1S/C14H11ClF3N7S2/c15-7-1-4-10(9(5-7)14(16,17)18)25-11(20-23-24-25)6-26-13-22-21-12(27-13)19-8-2-3-8/h1,4-5,8H,2-3,6H2,(H,19,21). The molecule has 3 aromatic rings. The van der Waals surface area contributed by atoms with Crippen LogP contribution >= 0.6 is 34.7 Å². The summed E-state index contributed by atoms with van der Waals surface area (Å²) in [6, 6.07) is 3.94. The van der Waals surface area contributed by atoms with E-state index >= 15 is 0 Å².